The molecule has 2 aromatic carbocycles. The van der Waals surface area contributed by atoms with Gasteiger partial charge in [-0.3, -0.25) is 0 Å². The summed E-state index contributed by atoms with van der Waals surface area (Å²) in [7, 11) is 0. The van der Waals surface area contributed by atoms with Crippen molar-refractivity contribution in [3.63, 3.8) is 0 Å². The van der Waals surface area contributed by atoms with Crippen LogP contribution in [0.25, 0.3) is 0 Å². The predicted molar refractivity (Wildman–Crippen MR) is 76.1 cm³/mol. The molecule has 19 heavy (non-hydrogen) atoms. The Balaban J connectivity index is 2.26. The fourth-order valence-electron chi connectivity index (χ4n) is 2.14. The molecule has 0 radical (unpaired) electrons. The summed E-state index contributed by atoms with van der Waals surface area (Å²) in [6, 6.07) is 20.3. The molecule has 0 aliphatic carbocycles. The second kappa shape index (κ2) is 6.55. The highest BCUT2D eigenvalue weighted by molar-refractivity contribution is 5.79. The Morgan fingerprint density at radius 2 is 1.42 bits per heavy atom. The standard InChI is InChI=1S/C17H16O2/c18-17(19)13-7-12-16(14-8-3-1-4-9-14)15-10-5-2-6-11-15/h1-11,13,16H,12H2,(H,18,19). The first-order valence-corrected chi connectivity index (χ1v) is 6.26. The number of hydrogen-bond acceptors (Lipinski definition) is 1. The van der Waals surface area contributed by atoms with Gasteiger partial charge in [0.25, 0.3) is 0 Å². The maximum atomic E-state index is 10.6. The van der Waals surface area contributed by atoms with E-state index >= 15 is 0 Å². The van der Waals surface area contributed by atoms with Crippen LogP contribution in [-0.2, 0) is 4.79 Å². The number of benzene rings is 2. The molecule has 1 N–H and O–H groups in total. The Labute approximate surface area is 113 Å². The molecule has 0 unspecified atom stereocenters. The van der Waals surface area contributed by atoms with Crippen LogP contribution < -0.4 is 0 Å². The van der Waals surface area contributed by atoms with Gasteiger partial charge in [-0.2, -0.15) is 0 Å². The smallest absolute Gasteiger partial charge is 0.327 e. The number of hydrogen-bond donors (Lipinski definition) is 1. The summed E-state index contributed by atoms with van der Waals surface area (Å²) in [5, 5.41) is 8.68. The first-order chi connectivity index (χ1) is 9.27. The van der Waals surface area contributed by atoms with Crippen molar-refractivity contribution in [1.29, 1.82) is 0 Å². The largest absolute Gasteiger partial charge is 0.478 e. The molecule has 0 amide bonds. The zero-order valence-electron chi connectivity index (χ0n) is 10.6. The summed E-state index contributed by atoms with van der Waals surface area (Å²) in [6.45, 7) is 0. The highest BCUT2D eigenvalue weighted by Crippen LogP contribution is 2.28. The van der Waals surface area contributed by atoms with Crippen LogP contribution >= 0.6 is 0 Å². The van der Waals surface area contributed by atoms with Gasteiger partial charge in [-0.1, -0.05) is 66.7 Å². The van der Waals surface area contributed by atoms with Crippen LogP contribution in [0.1, 0.15) is 23.5 Å². The molecular weight excluding hydrogens is 236 g/mol. The normalized spacial score (nSPS) is 11.0. The van der Waals surface area contributed by atoms with Gasteiger partial charge in [-0.15, -0.1) is 0 Å². The number of carboxylic acids is 1. The molecule has 0 spiro atoms. The van der Waals surface area contributed by atoms with E-state index in [2.05, 4.69) is 24.3 Å². The van der Waals surface area contributed by atoms with Gasteiger partial charge in [0.1, 0.15) is 0 Å². The van der Waals surface area contributed by atoms with Gasteiger partial charge in [0.05, 0.1) is 0 Å². The van der Waals surface area contributed by atoms with Gasteiger partial charge in [0.2, 0.25) is 0 Å². The van der Waals surface area contributed by atoms with E-state index in [9.17, 15) is 4.79 Å². The third-order valence-electron chi connectivity index (χ3n) is 3.04. The lowest BCUT2D eigenvalue weighted by molar-refractivity contribution is -0.131. The first kappa shape index (κ1) is 13.1. The van der Waals surface area contributed by atoms with E-state index in [-0.39, 0.29) is 5.92 Å². The monoisotopic (exact) mass is 252 g/mol. The zero-order valence-corrected chi connectivity index (χ0v) is 10.6. The molecule has 0 aromatic heterocycles. The summed E-state index contributed by atoms with van der Waals surface area (Å²) in [6.07, 6.45) is 3.60. The van der Waals surface area contributed by atoms with Crippen molar-refractivity contribution in [2.75, 3.05) is 0 Å². The number of aliphatic carboxylic acids is 1. The summed E-state index contributed by atoms with van der Waals surface area (Å²) in [5.41, 5.74) is 2.40. The Hall–Kier alpha value is -2.35. The van der Waals surface area contributed by atoms with Gasteiger partial charge in [-0.25, -0.2) is 4.79 Å². The summed E-state index contributed by atoms with van der Waals surface area (Å²) in [5.74, 6) is -0.710. The molecule has 0 fully saturated rings. The third kappa shape index (κ3) is 3.81. The van der Waals surface area contributed by atoms with Crippen LogP contribution in [0, 0.1) is 0 Å². The van der Waals surface area contributed by atoms with Crippen molar-refractivity contribution in [1.82, 2.24) is 0 Å². The van der Waals surface area contributed by atoms with E-state index in [4.69, 9.17) is 5.11 Å². The zero-order chi connectivity index (χ0) is 13.5. The highest BCUT2D eigenvalue weighted by atomic mass is 16.4. The Morgan fingerprint density at radius 3 is 1.84 bits per heavy atom. The van der Waals surface area contributed by atoms with Crippen LogP contribution in [0.4, 0.5) is 0 Å². The quantitative estimate of drug-likeness (QED) is 0.821. The molecule has 2 aromatic rings. The van der Waals surface area contributed by atoms with Crippen LogP contribution in [0.3, 0.4) is 0 Å². The minimum absolute atomic E-state index is 0.193. The van der Waals surface area contributed by atoms with Crippen molar-refractivity contribution < 1.29 is 9.90 Å². The van der Waals surface area contributed by atoms with Crippen LogP contribution in [0.5, 0.6) is 0 Å². The van der Waals surface area contributed by atoms with Gasteiger partial charge < -0.3 is 5.11 Å². The fraction of sp³-hybridized carbons (Fsp3) is 0.118. The van der Waals surface area contributed by atoms with Crippen LogP contribution in [0.2, 0.25) is 0 Å². The number of allylic oxidation sites excluding steroid dienone is 1. The van der Waals surface area contributed by atoms with Gasteiger partial charge in [-0.05, 0) is 17.5 Å². The van der Waals surface area contributed by atoms with Crippen molar-refractivity contribution in [3.8, 4) is 0 Å². The molecule has 0 aliphatic heterocycles. The van der Waals surface area contributed by atoms with Gasteiger partial charge in [0.15, 0.2) is 0 Å². The molecule has 0 heterocycles. The van der Waals surface area contributed by atoms with Gasteiger partial charge in [0, 0.05) is 12.0 Å². The molecule has 0 bridgehead atoms. The lowest BCUT2D eigenvalue weighted by Gasteiger charge is -2.16. The molecule has 96 valence electrons. The Morgan fingerprint density at radius 1 is 0.947 bits per heavy atom. The molecule has 0 aliphatic rings. The maximum Gasteiger partial charge on any atom is 0.327 e. The molecule has 0 saturated heterocycles. The predicted octanol–water partition coefficient (Wildman–Crippen LogP) is 3.85. The Kier molecular flexibility index (Phi) is 4.51. The number of rotatable bonds is 5. The summed E-state index contributed by atoms with van der Waals surface area (Å²) in [4.78, 5) is 10.6. The first-order valence-electron chi connectivity index (χ1n) is 6.26. The lowest BCUT2D eigenvalue weighted by atomic mass is 9.88. The van der Waals surface area contributed by atoms with Crippen molar-refractivity contribution in [3.05, 3.63) is 83.9 Å². The lowest BCUT2D eigenvalue weighted by Crippen LogP contribution is -2.00. The average Bonchev–Trinajstić information content (AvgIpc) is 2.45. The SMILES string of the molecule is O=C(O)C=CCC(c1ccccc1)c1ccccc1. The maximum absolute atomic E-state index is 10.6. The molecule has 2 rings (SSSR count). The Bertz CT molecular complexity index is 504. The topological polar surface area (TPSA) is 37.3 Å². The van der Waals surface area contributed by atoms with Crippen LogP contribution in [0.15, 0.2) is 72.8 Å². The summed E-state index contributed by atoms with van der Waals surface area (Å²) >= 11 is 0. The van der Waals surface area contributed by atoms with E-state index in [0.717, 1.165) is 0 Å². The highest BCUT2D eigenvalue weighted by Gasteiger charge is 2.11. The molecule has 2 nitrogen and oxygen atoms in total. The molecule has 2 heteroatoms. The van der Waals surface area contributed by atoms with E-state index in [1.165, 1.54) is 17.2 Å². The molecule has 0 atom stereocenters. The van der Waals surface area contributed by atoms with Gasteiger partial charge >= 0.3 is 5.97 Å². The second-order valence-electron chi connectivity index (χ2n) is 4.35. The van der Waals surface area contributed by atoms with Crippen molar-refractivity contribution >= 4 is 5.97 Å². The molecular formula is C17H16O2. The average molecular weight is 252 g/mol. The van der Waals surface area contributed by atoms with E-state index in [0.29, 0.717) is 6.42 Å². The molecule has 0 saturated carbocycles. The number of carbonyl (C=O) groups is 1. The fourth-order valence-corrected chi connectivity index (χ4v) is 2.14. The third-order valence-corrected chi connectivity index (χ3v) is 3.04. The van der Waals surface area contributed by atoms with Crippen molar-refractivity contribution in [2.24, 2.45) is 0 Å². The van der Waals surface area contributed by atoms with E-state index < -0.39 is 5.97 Å². The second-order valence-corrected chi connectivity index (χ2v) is 4.35. The number of carboxylic acid groups (broad SMARTS) is 1. The minimum atomic E-state index is -0.903. The summed E-state index contributed by atoms with van der Waals surface area (Å²) < 4.78 is 0. The van der Waals surface area contributed by atoms with Crippen molar-refractivity contribution in [2.45, 2.75) is 12.3 Å². The minimum Gasteiger partial charge on any atom is -0.478 e. The van der Waals surface area contributed by atoms with Crippen LogP contribution in [-0.4, -0.2) is 11.1 Å². The van der Waals surface area contributed by atoms with E-state index in [1.54, 1.807) is 6.08 Å². The van der Waals surface area contributed by atoms with E-state index in [1.807, 2.05) is 36.4 Å².